The topological polar surface area (TPSA) is 74.3 Å². The Morgan fingerprint density at radius 3 is 2.57 bits per heavy atom. The molecule has 1 unspecified atom stereocenters. The molecule has 1 heterocycles. The molecule has 0 aliphatic rings. The van der Waals surface area contributed by atoms with Crippen LogP contribution in [0, 0.1) is 0 Å². The lowest BCUT2D eigenvalue weighted by Crippen LogP contribution is -2.31. The molecule has 1 atom stereocenters. The number of aromatic nitrogens is 2. The van der Waals surface area contributed by atoms with E-state index in [2.05, 4.69) is 10.5 Å². The fourth-order valence-corrected chi connectivity index (χ4v) is 2.46. The second-order valence-electron chi connectivity index (χ2n) is 4.65. The highest BCUT2D eigenvalue weighted by Crippen LogP contribution is 2.29. The molecule has 0 saturated carbocycles. The third-order valence-electron chi connectivity index (χ3n) is 3.51. The van der Waals surface area contributed by atoms with Crippen LogP contribution in [0.5, 0.6) is 11.5 Å². The smallest absolute Gasteiger partial charge is 0.161 e. The summed E-state index contributed by atoms with van der Waals surface area (Å²) in [6, 6.07) is 7.79. The van der Waals surface area contributed by atoms with Crippen molar-refractivity contribution < 1.29 is 9.47 Å². The van der Waals surface area contributed by atoms with Crippen molar-refractivity contribution in [1.82, 2.24) is 15.2 Å². The van der Waals surface area contributed by atoms with Crippen LogP contribution in [0.2, 0.25) is 0 Å². The largest absolute Gasteiger partial charge is 0.496 e. The molecular formula is C15H22N4O2. The first-order valence-electron chi connectivity index (χ1n) is 6.92. The van der Waals surface area contributed by atoms with E-state index in [-0.39, 0.29) is 6.04 Å². The van der Waals surface area contributed by atoms with E-state index < -0.39 is 0 Å². The van der Waals surface area contributed by atoms with E-state index in [1.807, 2.05) is 35.9 Å². The highest BCUT2D eigenvalue weighted by Gasteiger charge is 2.22. The van der Waals surface area contributed by atoms with Crippen LogP contribution in [0.1, 0.15) is 24.2 Å². The van der Waals surface area contributed by atoms with Gasteiger partial charge < -0.3 is 9.47 Å². The average Bonchev–Trinajstić information content (AvgIpc) is 2.95. The minimum atomic E-state index is -0.112. The highest BCUT2D eigenvalue weighted by molar-refractivity contribution is 5.36. The number of hydrogen-bond acceptors (Lipinski definition) is 5. The third kappa shape index (κ3) is 3.17. The quantitative estimate of drug-likeness (QED) is 0.599. The molecule has 6 nitrogen and oxygen atoms in total. The maximum absolute atomic E-state index is 5.76. The Balaban J connectivity index is 2.34. The van der Waals surface area contributed by atoms with Crippen LogP contribution >= 0.6 is 0 Å². The lowest BCUT2D eigenvalue weighted by Gasteiger charge is -2.19. The Hall–Kier alpha value is -2.05. The standard InChI is InChI=1S/C15H22N4O2/c1-4-19-15(14(21-3)10-17-19)12(18-16)9-11-7-5-6-8-13(11)20-2/h5-8,10,12,18H,4,9,16H2,1-3H3. The number of rotatable bonds is 7. The molecule has 0 aliphatic heterocycles. The van der Waals surface area contributed by atoms with Crippen molar-refractivity contribution in [3.63, 3.8) is 0 Å². The van der Waals surface area contributed by atoms with Gasteiger partial charge in [-0.05, 0) is 25.0 Å². The SMILES string of the molecule is CCn1ncc(OC)c1C(Cc1ccccc1OC)NN. The highest BCUT2D eigenvalue weighted by atomic mass is 16.5. The summed E-state index contributed by atoms with van der Waals surface area (Å²) in [6.45, 7) is 2.79. The van der Waals surface area contributed by atoms with Gasteiger partial charge in [0, 0.05) is 6.54 Å². The van der Waals surface area contributed by atoms with Crippen LogP contribution in [-0.2, 0) is 13.0 Å². The molecule has 3 N–H and O–H groups in total. The number of para-hydroxylation sites is 1. The second kappa shape index (κ2) is 7.10. The Labute approximate surface area is 124 Å². The lowest BCUT2D eigenvalue weighted by atomic mass is 10.0. The first-order chi connectivity index (χ1) is 10.2. The monoisotopic (exact) mass is 290 g/mol. The Morgan fingerprint density at radius 1 is 1.24 bits per heavy atom. The zero-order chi connectivity index (χ0) is 15.2. The lowest BCUT2D eigenvalue weighted by molar-refractivity contribution is 0.385. The first kappa shape index (κ1) is 15.3. The minimum absolute atomic E-state index is 0.112. The maximum atomic E-state index is 5.76. The number of hydrogen-bond donors (Lipinski definition) is 2. The zero-order valence-electron chi connectivity index (χ0n) is 12.7. The molecular weight excluding hydrogens is 268 g/mol. The summed E-state index contributed by atoms with van der Waals surface area (Å²) >= 11 is 0. The van der Waals surface area contributed by atoms with E-state index in [0.717, 1.165) is 29.3 Å². The van der Waals surface area contributed by atoms with Crippen molar-refractivity contribution in [2.24, 2.45) is 5.84 Å². The Morgan fingerprint density at radius 2 is 1.95 bits per heavy atom. The zero-order valence-corrected chi connectivity index (χ0v) is 12.7. The van der Waals surface area contributed by atoms with Gasteiger partial charge in [-0.25, -0.2) is 0 Å². The number of nitrogens with zero attached hydrogens (tertiary/aromatic N) is 2. The number of ether oxygens (including phenoxy) is 2. The van der Waals surface area contributed by atoms with Crippen molar-refractivity contribution in [2.75, 3.05) is 14.2 Å². The molecule has 0 spiro atoms. The van der Waals surface area contributed by atoms with Gasteiger partial charge in [0.05, 0.1) is 32.2 Å². The van der Waals surface area contributed by atoms with Crippen molar-refractivity contribution in [3.8, 4) is 11.5 Å². The van der Waals surface area contributed by atoms with E-state index in [0.29, 0.717) is 6.42 Å². The van der Waals surface area contributed by atoms with Gasteiger partial charge in [0.15, 0.2) is 5.75 Å². The van der Waals surface area contributed by atoms with E-state index in [4.69, 9.17) is 15.3 Å². The number of aryl methyl sites for hydroxylation is 1. The molecule has 1 aromatic heterocycles. The van der Waals surface area contributed by atoms with Crippen LogP contribution < -0.4 is 20.7 Å². The first-order valence-corrected chi connectivity index (χ1v) is 6.92. The van der Waals surface area contributed by atoms with Crippen LogP contribution in [0.25, 0.3) is 0 Å². The van der Waals surface area contributed by atoms with Crippen molar-refractivity contribution in [2.45, 2.75) is 25.9 Å². The number of nitrogens with one attached hydrogen (secondary N) is 1. The third-order valence-corrected chi connectivity index (χ3v) is 3.51. The van der Waals surface area contributed by atoms with Gasteiger partial charge in [-0.2, -0.15) is 5.10 Å². The molecule has 0 aliphatic carbocycles. The van der Waals surface area contributed by atoms with Gasteiger partial charge in [0.1, 0.15) is 5.75 Å². The van der Waals surface area contributed by atoms with E-state index in [1.165, 1.54) is 0 Å². The molecule has 114 valence electrons. The maximum Gasteiger partial charge on any atom is 0.161 e. The summed E-state index contributed by atoms with van der Waals surface area (Å²) in [5, 5.41) is 4.32. The minimum Gasteiger partial charge on any atom is -0.496 e. The second-order valence-corrected chi connectivity index (χ2v) is 4.65. The van der Waals surface area contributed by atoms with E-state index in [1.54, 1.807) is 20.4 Å². The van der Waals surface area contributed by atoms with Crippen LogP contribution in [0.15, 0.2) is 30.5 Å². The average molecular weight is 290 g/mol. The molecule has 0 bridgehead atoms. The number of hydrazine groups is 1. The van der Waals surface area contributed by atoms with Gasteiger partial charge in [0.2, 0.25) is 0 Å². The fraction of sp³-hybridized carbons (Fsp3) is 0.400. The molecule has 0 radical (unpaired) electrons. The number of methoxy groups -OCH3 is 2. The number of nitrogens with two attached hydrogens (primary N) is 1. The predicted octanol–water partition coefficient (Wildman–Crippen LogP) is 1.67. The molecule has 6 heteroatoms. The molecule has 2 rings (SSSR count). The number of benzene rings is 1. The van der Waals surface area contributed by atoms with Gasteiger partial charge in [0.25, 0.3) is 0 Å². The van der Waals surface area contributed by atoms with Crippen molar-refractivity contribution in [3.05, 3.63) is 41.7 Å². The van der Waals surface area contributed by atoms with Crippen LogP contribution in [0.4, 0.5) is 0 Å². The van der Waals surface area contributed by atoms with Crippen molar-refractivity contribution in [1.29, 1.82) is 0 Å². The van der Waals surface area contributed by atoms with Crippen molar-refractivity contribution >= 4 is 0 Å². The van der Waals surface area contributed by atoms with Crippen LogP contribution in [-0.4, -0.2) is 24.0 Å². The van der Waals surface area contributed by atoms with E-state index in [9.17, 15) is 0 Å². The molecule has 0 saturated heterocycles. The summed E-state index contributed by atoms with van der Waals surface area (Å²) in [5.41, 5.74) is 4.87. The normalized spacial score (nSPS) is 12.2. The summed E-state index contributed by atoms with van der Waals surface area (Å²) in [4.78, 5) is 0. The molecule has 2 aromatic rings. The predicted molar refractivity (Wildman–Crippen MR) is 81.2 cm³/mol. The molecule has 21 heavy (non-hydrogen) atoms. The summed E-state index contributed by atoms with van der Waals surface area (Å²) in [6.07, 6.45) is 2.40. The van der Waals surface area contributed by atoms with Crippen LogP contribution in [0.3, 0.4) is 0 Å². The van der Waals surface area contributed by atoms with E-state index >= 15 is 0 Å². The summed E-state index contributed by atoms with van der Waals surface area (Å²) < 4.78 is 12.7. The summed E-state index contributed by atoms with van der Waals surface area (Å²) in [5.74, 6) is 7.34. The van der Waals surface area contributed by atoms with Gasteiger partial charge in [-0.1, -0.05) is 18.2 Å². The summed E-state index contributed by atoms with van der Waals surface area (Å²) in [7, 11) is 3.30. The molecule has 1 aromatic carbocycles. The molecule has 0 amide bonds. The Kier molecular flexibility index (Phi) is 5.19. The molecule has 0 fully saturated rings. The van der Waals surface area contributed by atoms with Gasteiger partial charge in [-0.3, -0.25) is 16.0 Å². The van der Waals surface area contributed by atoms with Gasteiger partial charge in [-0.15, -0.1) is 0 Å². The fourth-order valence-electron chi connectivity index (χ4n) is 2.46. The van der Waals surface area contributed by atoms with Gasteiger partial charge >= 0.3 is 0 Å². The Bertz CT molecular complexity index is 561.